The Balaban J connectivity index is 1.77. The van der Waals surface area contributed by atoms with E-state index in [1.807, 2.05) is 30.3 Å². The van der Waals surface area contributed by atoms with E-state index < -0.39 is 18.5 Å². The summed E-state index contributed by atoms with van der Waals surface area (Å²) in [7, 11) is 1.44. The number of benzene rings is 1. The monoisotopic (exact) mass is 268 g/mol. The smallest absolute Gasteiger partial charge is 0.186 e. The molecule has 0 aromatic heterocycles. The summed E-state index contributed by atoms with van der Waals surface area (Å²) in [6, 6.07) is 9.83. The van der Waals surface area contributed by atoms with Crippen molar-refractivity contribution in [3.63, 3.8) is 0 Å². The van der Waals surface area contributed by atoms with Gasteiger partial charge in [-0.15, -0.1) is 0 Å². The third kappa shape index (κ3) is 3.99. The molecule has 0 spiro atoms. The minimum atomic E-state index is -1.00. The molecule has 2 unspecified atom stereocenters. The van der Waals surface area contributed by atoms with E-state index in [-0.39, 0.29) is 6.10 Å². The summed E-state index contributed by atoms with van der Waals surface area (Å²) >= 11 is 0. The Morgan fingerprint density at radius 1 is 1.26 bits per heavy atom. The molecule has 1 heterocycles. The molecular weight excluding hydrogens is 248 g/mol. The van der Waals surface area contributed by atoms with E-state index in [2.05, 4.69) is 0 Å². The molecule has 1 aliphatic heterocycles. The van der Waals surface area contributed by atoms with Gasteiger partial charge in [-0.1, -0.05) is 30.3 Å². The van der Waals surface area contributed by atoms with Crippen LogP contribution in [0.4, 0.5) is 0 Å². The maximum absolute atomic E-state index is 9.70. The largest absolute Gasteiger partial charge is 0.390 e. The van der Waals surface area contributed by atoms with E-state index in [9.17, 15) is 10.2 Å². The van der Waals surface area contributed by atoms with Crippen LogP contribution < -0.4 is 0 Å². The molecule has 1 fully saturated rings. The maximum Gasteiger partial charge on any atom is 0.186 e. The predicted octanol–water partition coefficient (Wildman–Crippen LogP) is 0.686. The van der Waals surface area contributed by atoms with Crippen molar-refractivity contribution in [3.05, 3.63) is 35.9 Å². The molecule has 5 nitrogen and oxygen atoms in total. The van der Waals surface area contributed by atoms with Gasteiger partial charge in [0, 0.05) is 13.5 Å². The van der Waals surface area contributed by atoms with E-state index in [0.717, 1.165) is 5.56 Å². The third-order valence-electron chi connectivity index (χ3n) is 3.15. The lowest BCUT2D eigenvalue weighted by Gasteiger charge is -2.36. The van der Waals surface area contributed by atoms with Crippen molar-refractivity contribution in [2.45, 2.75) is 37.6 Å². The standard InChI is InChI=1S/C14H20O5/c1-17-14-13(16)12(15)7-11(19-14)9-18-8-10-5-3-2-4-6-10/h2-6,11-16H,7-9H2,1H3/t11-,12?,13?,14+/m1/s1. The lowest BCUT2D eigenvalue weighted by molar-refractivity contribution is -0.264. The molecule has 0 radical (unpaired) electrons. The lowest BCUT2D eigenvalue weighted by Crippen LogP contribution is -2.50. The maximum atomic E-state index is 9.70. The summed E-state index contributed by atoms with van der Waals surface area (Å²) in [6.45, 7) is 0.857. The summed E-state index contributed by atoms with van der Waals surface area (Å²) < 4.78 is 16.0. The van der Waals surface area contributed by atoms with Crippen LogP contribution in [0.1, 0.15) is 12.0 Å². The number of aliphatic hydroxyl groups excluding tert-OH is 2. The number of rotatable bonds is 5. The Hall–Kier alpha value is -0.980. The molecule has 5 heteroatoms. The normalized spacial score (nSPS) is 31.3. The Kier molecular flexibility index (Phi) is 5.30. The summed E-state index contributed by atoms with van der Waals surface area (Å²) in [5, 5.41) is 19.3. The molecule has 0 saturated carbocycles. The van der Waals surface area contributed by atoms with Crippen LogP contribution in [0.3, 0.4) is 0 Å². The molecule has 2 rings (SSSR count). The third-order valence-corrected chi connectivity index (χ3v) is 3.15. The fourth-order valence-electron chi connectivity index (χ4n) is 2.10. The van der Waals surface area contributed by atoms with Crippen molar-refractivity contribution in [3.8, 4) is 0 Å². The first-order chi connectivity index (χ1) is 9.20. The Morgan fingerprint density at radius 2 is 2.00 bits per heavy atom. The summed E-state index contributed by atoms with van der Waals surface area (Å²) in [5.41, 5.74) is 1.09. The van der Waals surface area contributed by atoms with Gasteiger partial charge in [0.05, 0.1) is 25.4 Å². The van der Waals surface area contributed by atoms with Gasteiger partial charge in [-0.25, -0.2) is 0 Å². The Labute approximate surface area is 112 Å². The van der Waals surface area contributed by atoms with Crippen molar-refractivity contribution in [2.24, 2.45) is 0 Å². The second kappa shape index (κ2) is 6.98. The quantitative estimate of drug-likeness (QED) is 0.822. The topological polar surface area (TPSA) is 68.2 Å². The molecule has 1 saturated heterocycles. The van der Waals surface area contributed by atoms with Crippen molar-refractivity contribution in [2.75, 3.05) is 13.7 Å². The average molecular weight is 268 g/mol. The SMILES string of the molecule is CO[C@H]1O[C@@H](COCc2ccccc2)CC(O)C1O. The molecule has 2 N–H and O–H groups in total. The van der Waals surface area contributed by atoms with Crippen molar-refractivity contribution in [1.82, 2.24) is 0 Å². The van der Waals surface area contributed by atoms with E-state index in [1.54, 1.807) is 0 Å². The number of methoxy groups -OCH3 is 1. The van der Waals surface area contributed by atoms with E-state index in [1.165, 1.54) is 7.11 Å². The number of ether oxygens (including phenoxy) is 3. The van der Waals surface area contributed by atoms with E-state index in [0.29, 0.717) is 19.6 Å². The first-order valence-electron chi connectivity index (χ1n) is 6.36. The molecule has 4 atom stereocenters. The summed E-state index contributed by atoms with van der Waals surface area (Å²) in [5.74, 6) is 0. The zero-order valence-electron chi connectivity index (χ0n) is 10.9. The highest BCUT2D eigenvalue weighted by Gasteiger charge is 2.36. The molecule has 0 bridgehead atoms. The van der Waals surface area contributed by atoms with Gasteiger partial charge in [0.15, 0.2) is 6.29 Å². The van der Waals surface area contributed by atoms with Crippen LogP contribution in [-0.2, 0) is 20.8 Å². The number of hydrogen-bond donors (Lipinski definition) is 2. The summed E-state index contributed by atoms with van der Waals surface area (Å²) in [4.78, 5) is 0. The van der Waals surface area contributed by atoms with Crippen molar-refractivity contribution >= 4 is 0 Å². The molecule has 1 aliphatic rings. The molecule has 106 valence electrons. The van der Waals surface area contributed by atoms with Crippen LogP contribution in [0.2, 0.25) is 0 Å². The highest BCUT2D eigenvalue weighted by atomic mass is 16.7. The van der Waals surface area contributed by atoms with Gasteiger partial charge in [-0.3, -0.25) is 0 Å². The number of aliphatic hydroxyl groups is 2. The van der Waals surface area contributed by atoms with Gasteiger partial charge in [0.1, 0.15) is 6.10 Å². The van der Waals surface area contributed by atoms with Crippen LogP contribution in [-0.4, -0.2) is 48.5 Å². The molecular formula is C14H20O5. The highest BCUT2D eigenvalue weighted by molar-refractivity contribution is 5.13. The van der Waals surface area contributed by atoms with Gasteiger partial charge in [0.25, 0.3) is 0 Å². The first-order valence-corrected chi connectivity index (χ1v) is 6.36. The molecule has 19 heavy (non-hydrogen) atoms. The summed E-state index contributed by atoms with van der Waals surface area (Å²) in [6.07, 6.45) is -2.57. The minimum absolute atomic E-state index is 0.271. The molecule has 0 aliphatic carbocycles. The van der Waals surface area contributed by atoms with Crippen LogP contribution >= 0.6 is 0 Å². The van der Waals surface area contributed by atoms with Crippen LogP contribution in [0.5, 0.6) is 0 Å². The minimum Gasteiger partial charge on any atom is -0.390 e. The predicted molar refractivity (Wildman–Crippen MR) is 68.4 cm³/mol. The second-order valence-electron chi connectivity index (χ2n) is 4.66. The van der Waals surface area contributed by atoms with E-state index in [4.69, 9.17) is 14.2 Å². The van der Waals surface area contributed by atoms with Crippen LogP contribution in [0.25, 0.3) is 0 Å². The molecule has 1 aromatic carbocycles. The van der Waals surface area contributed by atoms with Crippen LogP contribution in [0, 0.1) is 0 Å². The van der Waals surface area contributed by atoms with E-state index >= 15 is 0 Å². The first kappa shape index (κ1) is 14.4. The van der Waals surface area contributed by atoms with Crippen molar-refractivity contribution < 1.29 is 24.4 Å². The van der Waals surface area contributed by atoms with Gasteiger partial charge in [0.2, 0.25) is 0 Å². The Morgan fingerprint density at radius 3 is 2.68 bits per heavy atom. The lowest BCUT2D eigenvalue weighted by atomic mass is 10.0. The molecule has 0 amide bonds. The highest BCUT2D eigenvalue weighted by Crippen LogP contribution is 2.21. The fraction of sp³-hybridized carbons (Fsp3) is 0.571. The Bertz CT molecular complexity index is 369. The zero-order chi connectivity index (χ0) is 13.7. The second-order valence-corrected chi connectivity index (χ2v) is 4.66. The van der Waals surface area contributed by atoms with Gasteiger partial charge >= 0.3 is 0 Å². The van der Waals surface area contributed by atoms with Gasteiger partial charge in [-0.05, 0) is 5.56 Å². The van der Waals surface area contributed by atoms with Crippen LogP contribution in [0.15, 0.2) is 30.3 Å². The van der Waals surface area contributed by atoms with Gasteiger partial charge in [-0.2, -0.15) is 0 Å². The zero-order valence-corrected chi connectivity index (χ0v) is 10.9. The van der Waals surface area contributed by atoms with Gasteiger partial charge < -0.3 is 24.4 Å². The van der Waals surface area contributed by atoms with Crippen molar-refractivity contribution in [1.29, 1.82) is 0 Å². The molecule has 1 aromatic rings. The number of hydrogen-bond acceptors (Lipinski definition) is 5. The fourth-order valence-corrected chi connectivity index (χ4v) is 2.10. The average Bonchev–Trinajstić information content (AvgIpc) is 2.43.